The zero-order chi connectivity index (χ0) is 11.8. The van der Waals surface area contributed by atoms with Crippen molar-refractivity contribution in [3.63, 3.8) is 0 Å². The predicted octanol–water partition coefficient (Wildman–Crippen LogP) is 2.55. The Hall–Kier alpha value is -1.12. The maximum Gasteiger partial charge on any atom is 0.127 e. The maximum atomic E-state index is 8.92. The first-order chi connectivity index (χ1) is 7.79. The summed E-state index contributed by atoms with van der Waals surface area (Å²) in [5, 5.41) is 13.1. The molecule has 0 radical (unpaired) electrons. The predicted molar refractivity (Wildman–Crippen MR) is 65.8 cm³/mol. The minimum absolute atomic E-state index is 0.682. The number of nitrogens with one attached hydrogen (secondary N) is 1. The van der Waals surface area contributed by atoms with E-state index in [9.17, 15) is 0 Å². The first-order valence-electron chi connectivity index (χ1n) is 5.38. The Morgan fingerprint density at radius 1 is 1.44 bits per heavy atom. The number of hydrogen-bond acceptors (Lipinski definition) is 5. The van der Waals surface area contributed by atoms with Crippen LogP contribution in [0.2, 0.25) is 0 Å². The van der Waals surface area contributed by atoms with Crippen LogP contribution in [0.15, 0.2) is 0 Å². The van der Waals surface area contributed by atoms with Gasteiger partial charge in [0, 0.05) is 20.3 Å². The van der Waals surface area contributed by atoms with Crippen molar-refractivity contribution >= 4 is 16.5 Å². The van der Waals surface area contributed by atoms with Gasteiger partial charge >= 0.3 is 0 Å². The largest absolute Gasteiger partial charge is 0.385 e. The summed E-state index contributed by atoms with van der Waals surface area (Å²) in [6, 6.07) is 2.17. The van der Waals surface area contributed by atoms with Crippen molar-refractivity contribution in [2.24, 2.45) is 0 Å². The summed E-state index contributed by atoms with van der Waals surface area (Å²) in [6.45, 7) is 3.57. The van der Waals surface area contributed by atoms with Crippen LogP contribution in [0.3, 0.4) is 0 Å². The highest BCUT2D eigenvalue weighted by Crippen LogP contribution is 2.23. The molecule has 0 saturated carbocycles. The summed E-state index contributed by atoms with van der Waals surface area (Å²) in [5.74, 6) is 0. The zero-order valence-corrected chi connectivity index (χ0v) is 10.6. The molecule has 0 fully saturated rings. The van der Waals surface area contributed by atoms with E-state index in [1.807, 2.05) is 6.92 Å². The van der Waals surface area contributed by atoms with Crippen molar-refractivity contribution in [3.8, 4) is 6.07 Å². The molecule has 1 aromatic heterocycles. The Bertz CT molecular complexity index is 357. The van der Waals surface area contributed by atoms with Gasteiger partial charge in [-0.3, -0.25) is 0 Å². The molecule has 88 valence electrons. The Labute approximate surface area is 100 Å². The normalized spacial score (nSPS) is 10.1. The van der Waals surface area contributed by atoms with E-state index in [1.165, 1.54) is 11.5 Å². The number of aromatic nitrogens is 1. The summed E-state index contributed by atoms with van der Waals surface area (Å²) in [5.41, 5.74) is 1.50. The Balaban J connectivity index is 2.25. The number of nitrogens with zero attached hydrogens (tertiary/aromatic N) is 2. The van der Waals surface area contributed by atoms with Gasteiger partial charge < -0.3 is 10.1 Å². The monoisotopic (exact) mass is 239 g/mol. The van der Waals surface area contributed by atoms with E-state index in [-0.39, 0.29) is 0 Å². The van der Waals surface area contributed by atoms with Crippen LogP contribution in [0, 0.1) is 18.3 Å². The molecule has 5 heteroatoms. The summed E-state index contributed by atoms with van der Waals surface area (Å²) >= 11 is 1.36. The number of aryl methyl sites for hydroxylation is 1. The molecule has 0 aromatic carbocycles. The van der Waals surface area contributed by atoms with Crippen molar-refractivity contribution in [3.05, 3.63) is 11.3 Å². The van der Waals surface area contributed by atoms with Crippen LogP contribution in [-0.4, -0.2) is 24.6 Å². The van der Waals surface area contributed by atoms with Crippen molar-refractivity contribution in [2.45, 2.75) is 26.2 Å². The quantitative estimate of drug-likeness (QED) is 0.743. The van der Waals surface area contributed by atoms with E-state index in [0.717, 1.165) is 43.1 Å². The van der Waals surface area contributed by atoms with Crippen LogP contribution in [-0.2, 0) is 4.74 Å². The van der Waals surface area contributed by atoms with Crippen LogP contribution >= 0.6 is 11.5 Å². The maximum absolute atomic E-state index is 8.92. The summed E-state index contributed by atoms with van der Waals surface area (Å²) in [7, 11) is 1.72. The topological polar surface area (TPSA) is 57.9 Å². The highest BCUT2D eigenvalue weighted by molar-refractivity contribution is 7.10. The molecule has 0 amide bonds. The highest BCUT2D eigenvalue weighted by Gasteiger charge is 2.08. The van der Waals surface area contributed by atoms with Crippen LogP contribution in [0.5, 0.6) is 0 Å². The fourth-order valence-electron chi connectivity index (χ4n) is 1.37. The van der Waals surface area contributed by atoms with Crippen molar-refractivity contribution in [2.75, 3.05) is 25.6 Å². The average molecular weight is 239 g/mol. The lowest BCUT2D eigenvalue weighted by atomic mass is 10.2. The average Bonchev–Trinajstić information content (AvgIpc) is 2.64. The second-order valence-electron chi connectivity index (χ2n) is 3.56. The standard InChI is InChI=1S/C11H17N3OS/c1-9-10(8-12)11(16-14-9)13-6-4-3-5-7-15-2/h13H,3-7H2,1-2H3. The van der Waals surface area contributed by atoms with Gasteiger partial charge in [0.25, 0.3) is 0 Å². The molecule has 0 spiro atoms. The SMILES string of the molecule is COCCCCCNc1snc(C)c1C#N. The fourth-order valence-corrected chi connectivity index (χ4v) is 2.14. The number of ether oxygens (including phenoxy) is 1. The Kier molecular flexibility index (Phi) is 5.83. The molecule has 1 N–H and O–H groups in total. The first kappa shape index (κ1) is 12.9. The molecule has 4 nitrogen and oxygen atoms in total. The molecule has 16 heavy (non-hydrogen) atoms. The van der Waals surface area contributed by atoms with Crippen LogP contribution in [0.4, 0.5) is 5.00 Å². The fraction of sp³-hybridized carbons (Fsp3) is 0.636. The molecule has 1 aromatic rings. The third-order valence-electron chi connectivity index (χ3n) is 2.29. The van der Waals surface area contributed by atoms with Gasteiger partial charge in [-0.25, -0.2) is 0 Å². The molecule has 1 rings (SSSR count). The zero-order valence-electron chi connectivity index (χ0n) is 9.75. The van der Waals surface area contributed by atoms with E-state index >= 15 is 0 Å². The Morgan fingerprint density at radius 3 is 2.94 bits per heavy atom. The van der Waals surface area contributed by atoms with E-state index in [2.05, 4.69) is 15.8 Å². The summed E-state index contributed by atoms with van der Waals surface area (Å²) < 4.78 is 9.13. The van der Waals surface area contributed by atoms with E-state index in [0.29, 0.717) is 5.56 Å². The number of methoxy groups -OCH3 is 1. The van der Waals surface area contributed by atoms with Gasteiger partial charge in [0.2, 0.25) is 0 Å². The van der Waals surface area contributed by atoms with Crippen LogP contribution < -0.4 is 5.32 Å². The van der Waals surface area contributed by atoms with E-state index in [1.54, 1.807) is 7.11 Å². The second kappa shape index (κ2) is 7.20. The van der Waals surface area contributed by atoms with Gasteiger partial charge in [-0.1, -0.05) is 0 Å². The molecule has 0 saturated heterocycles. The van der Waals surface area contributed by atoms with Gasteiger partial charge in [-0.05, 0) is 37.7 Å². The smallest absolute Gasteiger partial charge is 0.127 e. The summed E-state index contributed by atoms with van der Waals surface area (Å²) in [4.78, 5) is 0. The van der Waals surface area contributed by atoms with Crippen molar-refractivity contribution < 1.29 is 4.74 Å². The molecular weight excluding hydrogens is 222 g/mol. The molecule has 1 heterocycles. The number of nitriles is 1. The van der Waals surface area contributed by atoms with Gasteiger partial charge in [-0.2, -0.15) is 9.64 Å². The van der Waals surface area contributed by atoms with Gasteiger partial charge in [-0.15, -0.1) is 0 Å². The number of unbranched alkanes of at least 4 members (excludes halogenated alkanes) is 2. The molecule has 0 atom stereocenters. The lowest BCUT2D eigenvalue weighted by molar-refractivity contribution is 0.192. The minimum Gasteiger partial charge on any atom is -0.385 e. The number of anilines is 1. The van der Waals surface area contributed by atoms with E-state index in [4.69, 9.17) is 10.00 Å². The van der Waals surface area contributed by atoms with Gasteiger partial charge in [0.05, 0.1) is 5.69 Å². The molecular formula is C11H17N3OS. The van der Waals surface area contributed by atoms with Crippen LogP contribution in [0.25, 0.3) is 0 Å². The molecule has 0 aliphatic carbocycles. The second-order valence-corrected chi connectivity index (χ2v) is 4.34. The third kappa shape index (κ3) is 3.80. The van der Waals surface area contributed by atoms with Crippen molar-refractivity contribution in [1.29, 1.82) is 5.26 Å². The lowest BCUT2D eigenvalue weighted by Crippen LogP contribution is -2.02. The first-order valence-corrected chi connectivity index (χ1v) is 6.16. The molecule has 0 unspecified atom stereocenters. The molecule has 0 bridgehead atoms. The third-order valence-corrected chi connectivity index (χ3v) is 3.18. The lowest BCUT2D eigenvalue weighted by Gasteiger charge is -2.03. The van der Waals surface area contributed by atoms with Crippen molar-refractivity contribution in [1.82, 2.24) is 4.37 Å². The minimum atomic E-state index is 0.682. The molecule has 0 aliphatic heterocycles. The number of rotatable bonds is 7. The Morgan fingerprint density at radius 2 is 2.25 bits per heavy atom. The molecule has 0 aliphatic rings. The van der Waals surface area contributed by atoms with Gasteiger partial charge in [0.1, 0.15) is 16.6 Å². The van der Waals surface area contributed by atoms with Crippen LogP contribution in [0.1, 0.15) is 30.5 Å². The summed E-state index contributed by atoms with van der Waals surface area (Å²) in [6.07, 6.45) is 3.32. The van der Waals surface area contributed by atoms with Gasteiger partial charge in [0.15, 0.2) is 0 Å². The highest BCUT2D eigenvalue weighted by atomic mass is 32.1. The van der Waals surface area contributed by atoms with E-state index < -0.39 is 0 Å². The number of hydrogen-bond donors (Lipinski definition) is 1.